The zero-order valence-electron chi connectivity index (χ0n) is 17.1. The summed E-state index contributed by atoms with van der Waals surface area (Å²) >= 11 is 6.56. The molecule has 1 fully saturated rings. The first-order valence-electron chi connectivity index (χ1n) is 9.80. The number of thioether (sulfide) groups is 1. The van der Waals surface area contributed by atoms with E-state index in [2.05, 4.69) is 6.07 Å². The Morgan fingerprint density at radius 3 is 2.56 bits per heavy atom. The molecule has 0 saturated carbocycles. The van der Waals surface area contributed by atoms with Crippen LogP contribution < -0.4 is 9.64 Å². The largest absolute Gasteiger partial charge is 0.489 e. The van der Waals surface area contributed by atoms with Crippen molar-refractivity contribution in [2.75, 3.05) is 4.90 Å². The molecule has 1 aliphatic rings. The van der Waals surface area contributed by atoms with Crippen LogP contribution in [0, 0.1) is 6.92 Å². The molecule has 0 spiro atoms. The monoisotopic (exact) mass is 461 g/mol. The van der Waals surface area contributed by atoms with Crippen LogP contribution in [0.2, 0.25) is 0 Å². The summed E-state index contributed by atoms with van der Waals surface area (Å²) in [6.45, 7) is 2.53. The summed E-state index contributed by atoms with van der Waals surface area (Å²) in [6, 6.07) is 21.8. The van der Waals surface area contributed by atoms with Crippen LogP contribution in [-0.2, 0) is 11.4 Å². The van der Waals surface area contributed by atoms with Gasteiger partial charge in [-0.05, 0) is 54.5 Å². The molecule has 32 heavy (non-hydrogen) atoms. The summed E-state index contributed by atoms with van der Waals surface area (Å²) in [6.07, 6.45) is 1.77. The maximum Gasteiger partial charge on any atom is 0.335 e. The van der Waals surface area contributed by atoms with Crippen molar-refractivity contribution >= 4 is 51.9 Å². The minimum Gasteiger partial charge on any atom is -0.489 e. The van der Waals surface area contributed by atoms with Crippen LogP contribution >= 0.6 is 24.0 Å². The highest BCUT2D eigenvalue weighted by Crippen LogP contribution is 2.36. The second-order valence-electron chi connectivity index (χ2n) is 7.22. The first kappa shape index (κ1) is 21.8. The van der Waals surface area contributed by atoms with Crippen LogP contribution in [0.4, 0.5) is 5.69 Å². The summed E-state index contributed by atoms with van der Waals surface area (Å²) in [5, 5.41) is 9.21. The fourth-order valence-electron chi connectivity index (χ4n) is 3.25. The molecule has 1 heterocycles. The molecule has 160 valence electrons. The van der Waals surface area contributed by atoms with Gasteiger partial charge in [-0.2, -0.15) is 0 Å². The van der Waals surface area contributed by atoms with E-state index in [9.17, 15) is 14.7 Å². The number of carbonyl (C=O) groups excluding carboxylic acids is 1. The van der Waals surface area contributed by atoms with Crippen LogP contribution in [0.15, 0.2) is 77.7 Å². The zero-order valence-corrected chi connectivity index (χ0v) is 18.8. The molecule has 1 amide bonds. The minimum atomic E-state index is -1.06. The fraction of sp³-hybridized carbons (Fsp3) is 0.0800. The second kappa shape index (κ2) is 9.38. The predicted octanol–water partition coefficient (Wildman–Crippen LogP) is 5.68. The molecule has 0 atom stereocenters. The Kier molecular flexibility index (Phi) is 6.39. The van der Waals surface area contributed by atoms with E-state index in [-0.39, 0.29) is 11.5 Å². The van der Waals surface area contributed by atoms with Crippen molar-refractivity contribution in [1.82, 2.24) is 0 Å². The Morgan fingerprint density at radius 1 is 1.09 bits per heavy atom. The molecule has 3 aromatic carbocycles. The summed E-state index contributed by atoms with van der Waals surface area (Å²) in [4.78, 5) is 26.0. The molecule has 0 bridgehead atoms. The van der Waals surface area contributed by atoms with Crippen molar-refractivity contribution in [3.8, 4) is 5.75 Å². The van der Waals surface area contributed by atoms with Crippen LogP contribution in [-0.4, -0.2) is 21.3 Å². The van der Waals surface area contributed by atoms with Gasteiger partial charge in [-0.3, -0.25) is 9.69 Å². The molecule has 0 unspecified atom stereocenters. The second-order valence-corrected chi connectivity index (χ2v) is 8.90. The Hall–Kier alpha value is -3.42. The molecule has 1 aliphatic heterocycles. The lowest BCUT2D eigenvalue weighted by molar-refractivity contribution is -0.113. The minimum absolute atomic E-state index is 0.0989. The smallest absolute Gasteiger partial charge is 0.335 e. The van der Waals surface area contributed by atoms with E-state index in [1.165, 1.54) is 34.4 Å². The van der Waals surface area contributed by atoms with E-state index in [0.29, 0.717) is 21.5 Å². The molecule has 4 rings (SSSR count). The van der Waals surface area contributed by atoms with Crippen molar-refractivity contribution in [3.05, 3.63) is 100.0 Å². The van der Waals surface area contributed by atoms with Crippen molar-refractivity contribution < 1.29 is 19.4 Å². The molecule has 0 aromatic heterocycles. The van der Waals surface area contributed by atoms with E-state index in [4.69, 9.17) is 17.0 Å². The quantitative estimate of drug-likeness (QED) is 0.376. The van der Waals surface area contributed by atoms with Crippen molar-refractivity contribution in [2.45, 2.75) is 13.5 Å². The van der Waals surface area contributed by atoms with Gasteiger partial charge in [0.05, 0.1) is 16.2 Å². The van der Waals surface area contributed by atoms with Crippen molar-refractivity contribution in [2.24, 2.45) is 0 Å². The topological polar surface area (TPSA) is 66.8 Å². The lowest BCUT2D eigenvalue weighted by Gasteiger charge is -2.14. The van der Waals surface area contributed by atoms with E-state index >= 15 is 0 Å². The van der Waals surface area contributed by atoms with E-state index in [0.717, 1.165) is 16.9 Å². The van der Waals surface area contributed by atoms with E-state index in [1.807, 2.05) is 49.4 Å². The summed E-state index contributed by atoms with van der Waals surface area (Å²) in [5.41, 5.74) is 3.67. The van der Waals surface area contributed by atoms with Gasteiger partial charge >= 0.3 is 5.97 Å². The molecule has 7 heteroatoms. The molecule has 3 aromatic rings. The van der Waals surface area contributed by atoms with Crippen molar-refractivity contribution in [1.29, 1.82) is 0 Å². The van der Waals surface area contributed by atoms with Crippen LogP contribution in [0.5, 0.6) is 5.75 Å². The highest BCUT2D eigenvalue weighted by Gasteiger charge is 2.33. The van der Waals surface area contributed by atoms with Crippen LogP contribution in [0.1, 0.15) is 27.0 Å². The number of benzene rings is 3. The molecular weight excluding hydrogens is 442 g/mol. The number of amides is 1. The van der Waals surface area contributed by atoms with E-state index in [1.54, 1.807) is 18.2 Å². The van der Waals surface area contributed by atoms with E-state index < -0.39 is 5.97 Å². The third kappa shape index (κ3) is 4.90. The number of nitrogens with zero attached hydrogens (tertiary/aromatic N) is 1. The molecular formula is C25H19NO4S2. The third-order valence-electron chi connectivity index (χ3n) is 4.81. The SMILES string of the molecule is Cc1cccc(COc2ccc(/C=C3/SC(=S)N(c4cccc(C(=O)O)c4)C3=O)cc2)c1. The number of aryl methyl sites for hydroxylation is 1. The predicted molar refractivity (Wildman–Crippen MR) is 131 cm³/mol. The number of rotatable bonds is 6. The van der Waals surface area contributed by atoms with Gasteiger partial charge in [-0.25, -0.2) is 4.79 Å². The number of ether oxygens (including phenoxy) is 1. The standard InChI is InChI=1S/C25H19NO4S2/c1-16-4-2-5-18(12-16)15-30-21-10-8-17(9-11-21)13-22-23(27)26(25(31)32-22)20-7-3-6-19(14-20)24(28)29/h2-14H,15H2,1H3,(H,28,29)/b22-13+. The molecule has 0 aliphatic carbocycles. The number of anilines is 1. The molecule has 1 N–H and O–H groups in total. The van der Waals surface area contributed by atoms with Gasteiger partial charge < -0.3 is 9.84 Å². The Labute approximate surface area is 195 Å². The number of hydrogen-bond donors (Lipinski definition) is 1. The average Bonchev–Trinajstić information content (AvgIpc) is 3.06. The Balaban J connectivity index is 1.47. The van der Waals surface area contributed by atoms with Gasteiger partial charge in [0.25, 0.3) is 5.91 Å². The molecule has 1 saturated heterocycles. The lowest BCUT2D eigenvalue weighted by atomic mass is 10.1. The van der Waals surface area contributed by atoms with Gasteiger partial charge in [0.2, 0.25) is 0 Å². The number of aromatic carboxylic acids is 1. The summed E-state index contributed by atoms with van der Waals surface area (Å²) < 4.78 is 6.21. The number of carbonyl (C=O) groups is 2. The highest BCUT2D eigenvalue weighted by molar-refractivity contribution is 8.27. The van der Waals surface area contributed by atoms with Crippen LogP contribution in [0.25, 0.3) is 6.08 Å². The lowest BCUT2D eigenvalue weighted by Crippen LogP contribution is -2.27. The zero-order chi connectivity index (χ0) is 22.7. The average molecular weight is 462 g/mol. The molecule has 0 radical (unpaired) electrons. The number of carboxylic acids is 1. The normalized spacial score (nSPS) is 14.8. The van der Waals surface area contributed by atoms with Gasteiger partial charge in [-0.15, -0.1) is 0 Å². The number of carboxylic acid groups (broad SMARTS) is 1. The first-order chi connectivity index (χ1) is 15.4. The first-order valence-corrected chi connectivity index (χ1v) is 11.0. The van der Waals surface area contributed by atoms with Gasteiger partial charge in [0.15, 0.2) is 4.32 Å². The van der Waals surface area contributed by atoms with Crippen molar-refractivity contribution in [3.63, 3.8) is 0 Å². The van der Waals surface area contributed by atoms with Gasteiger partial charge in [0.1, 0.15) is 12.4 Å². The van der Waals surface area contributed by atoms with Gasteiger partial charge in [0, 0.05) is 0 Å². The maximum atomic E-state index is 12.9. The highest BCUT2D eigenvalue weighted by atomic mass is 32.2. The number of thiocarbonyl (C=S) groups is 1. The number of hydrogen-bond acceptors (Lipinski definition) is 5. The van der Waals surface area contributed by atoms with Crippen LogP contribution in [0.3, 0.4) is 0 Å². The fourth-order valence-corrected chi connectivity index (χ4v) is 4.55. The summed E-state index contributed by atoms with van der Waals surface area (Å²) in [5.74, 6) is -0.596. The molecule has 5 nitrogen and oxygen atoms in total. The summed E-state index contributed by atoms with van der Waals surface area (Å²) in [7, 11) is 0. The third-order valence-corrected chi connectivity index (χ3v) is 6.11. The Bertz CT molecular complexity index is 1230. The van der Waals surface area contributed by atoms with Gasteiger partial charge in [-0.1, -0.05) is 72.0 Å². The maximum absolute atomic E-state index is 12.9. The Morgan fingerprint density at radius 2 is 1.84 bits per heavy atom.